The summed E-state index contributed by atoms with van der Waals surface area (Å²) >= 11 is 6.37. The fourth-order valence-corrected chi connectivity index (χ4v) is 3.88. The number of thioether (sulfide) groups is 1. The minimum Gasteiger partial charge on any atom is -0.400 e. The van der Waals surface area contributed by atoms with E-state index in [1.807, 2.05) is 24.3 Å². The smallest absolute Gasteiger partial charge is 0.400 e. The summed E-state index contributed by atoms with van der Waals surface area (Å²) in [6, 6.07) is 10.5. The normalized spacial score (nSPS) is 15.7. The van der Waals surface area contributed by atoms with E-state index < -0.39 is 10.8 Å². The second kappa shape index (κ2) is 9.01. The number of anilines is 1. The third kappa shape index (κ3) is 4.72. The maximum Gasteiger partial charge on any atom is 0.433 e. The minimum atomic E-state index is -0.648. The predicted octanol–water partition coefficient (Wildman–Crippen LogP) is 4.27. The molecule has 1 aliphatic rings. The van der Waals surface area contributed by atoms with Crippen molar-refractivity contribution in [2.75, 3.05) is 18.0 Å². The molecule has 0 saturated carbocycles. The van der Waals surface area contributed by atoms with Gasteiger partial charge >= 0.3 is 5.88 Å². The lowest BCUT2D eigenvalue weighted by atomic mass is 10.1. The Hall–Kier alpha value is -2.98. The number of hydrogen-bond acceptors (Lipinski definition) is 8. The SMILES string of the molecule is CCN(CC)c1ccc(/C=C2/SC(=S)N(/N=C/c3ccc([N+](=O)[O-])o3)C2=O)cc1. The summed E-state index contributed by atoms with van der Waals surface area (Å²) in [5.41, 5.74) is 2.00. The Labute approximate surface area is 177 Å². The van der Waals surface area contributed by atoms with Gasteiger partial charge in [-0.1, -0.05) is 23.9 Å². The minimum absolute atomic E-state index is 0.154. The molecule has 2 aromatic rings. The van der Waals surface area contributed by atoms with Gasteiger partial charge in [-0.2, -0.15) is 10.1 Å². The zero-order valence-corrected chi connectivity index (χ0v) is 17.4. The van der Waals surface area contributed by atoms with Crippen LogP contribution in [0.25, 0.3) is 6.08 Å². The summed E-state index contributed by atoms with van der Waals surface area (Å²) in [5, 5.41) is 15.7. The molecule has 29 heavy (non-hydrogen) atoms. The zero-order chi connectivity index (χ0) is 21.0. The number of rotatable bonds is 7. The van der Waals surface area contributed by atoms with E-state index in [-0.39, 0.29) is 16.0 Å². The lowest BCUT2D eigenvalue weighted by Gasteiger charge is -2.20. The summed E-state index contributed by atoms with van der Waals surface area (Å²) in [6.45, 7) is 6.05. The van der Waals surface area contributed by atoms with Crippen molar-refractivity contribution >= 4 is 58.1 Å². The van der Waals surface area contributed by atoms with E-state index in [1.165, 1.54) is 18.3 Å². The molecule has 1 saturated heterocycles. The number of furan rings is 1. The van der Waals surface area contributed by atoms with Crippen molar-refractivity contribution < 1.29 is 14.1 Å². The second-order valence-electron chi connectivity index (χ2n) is 5.94. The van der Waals surface area contributed by atoms with Gasteiger partial charge < -0.3 is 9.32 Å². The van der Waals surface area contributed by atoms with E-state index in [0.717, 1.165) is 41.1 Å². The monoisotopic (exact) mass is 430 g/mol. The van der Waals surface area contributed by atoms with Gasteiger partial charge in [-0.25, -0.2) is 0 Å². The average Bonchev–Trinajstić information content (AvgIpc) is 3.28. The molecule has 0 unspecified atom stereocenters. The van der Waals surface area contributed by atoms with Gasteiger partial charge in [0.25, 0.3) is 5.91 Å². The molecule has 3 rings (SSSR count). The Bertz CT molecular complexity index is 994. The Morgan fingerprint density at radius 3 is 2.52 bits per heavy atom. The number of thiocarbonyl (C=S) groups is 1. The van der Waals surface area contributed by atoms with Gasteiger partial charge in [0.1, 0.15) is 4.92 Å². The highest BCUT2D eigenvalue weighted by atomic mass is 32.2. The average molecular weight is 431 g/mol. The van der Waals surface area contributed by atoms with Crippen LogP contribution >= 0.6 is 24.0 Å². The Morgan fingerprint density at radius 1 is 1.24 bits per heavy atom. The number of hydrogen-bond donors (Lipinski definition) is 0. The number of carbonyl (C=O) groups is 1. The van der Waals surface area contributed by atoms with Gasteiger partial charge in [0.05, 0.1) is 17.2 Å². The number of benzene rings is 1. The van der Waals surface area contributed by atoms with Crippen LogP contribution in [0.15, 0.2) is 50.8 Å². The third-order valence-corrected chi connectivity index (χ3v) is 5.47. The van der Waals surface area contributed by atoms with Crippen molar-refractivity contribution in [1.29, 1.82) is 0 Å². The number of nitrogens with zero attached hydrogens (tertiary/aromatic N) is 4. The van der Waals surface area contributed by atoms with Crippen molar-refractivity contribution in [1.82, 2.24) is 5.01 Å². The molecule has 8 nitrogen and oxygen atoms in total. The van der Waals surface area contributed by atoms with Crippen LogP contribution in [0.1, 0.15) is 25.2 Å². The van der Waals surface area contributed by atoms with E-state index >= 15 is 0 Å². The van der Waals surface area contributed by atoms with E-state index in [2.05, 4.69) is 23.8 Å². The molecule has 1 aliphatic heterocycles. The highest BCUT2D eigenvalue weighted by Crippen LogP contribution is 2.33. The first-order chi connectivity index (χ1) is 13.9. The molecular weight excluding hydrogens is 412 g/mol. The van der Waals surface area contributed by atoms with Crippen molar-refractivity contribution in [2.45, 2.75) is 13.8 Å². The lowest BCUT2D eigenvalue weighted by Crippen LogP contribution is -2.22. The maximum absolute atomic E-state index is 12.6. The van der Waals surface area contributed by atoms with Crippen LogP contribution in [-0.2, 0) is 4.79 Å². The van der Waals surface area contributed by atoms with Gasteiger partial charge in [0.15, 0.2) is 10.1 Å². The molecule has 0 N–H and O–H groups in total. The van der Waals surface area contributed by atoms with Crippen LogP contribution in [-0.4, -0.2) is 39.5 Å². The van der Waals surface area contributed by atoms with E-state index in [9.17, 15) is 14.9 Å². The maximum atomic E-state index is 12.6. The third-order valence-electron chi connectivity index (χ3n) is 4.19. The second-order valence-corrected chi connectivity index (χ2v) is 7.61. The van der Waals surface area contributed by atoms with Gasteiger partial charge in [-0.05, 0) is 55.9 Å². The van der Waals surface area contributed by atoms with Gasteiger partial charge in [0.2, 0.25) is 0 Å². The molecule has 1 amide bonds. The molecule has 1 aromatic carbocycles. The predicted molar refractivity (Wildman–Crippen MR) is 118 cm³/mol. The molecule has 1 aromatic heterocycles. The van der Waals surface area contributed by atoms with E-state index in [4.69, 9.17) is 16.6 Å². The highest BCUT2D eigenvalue weighted by Gasteiger charge is 2.32. The van der Waals surface area contributed by atoms with Crippen LogP contribution in [0.5, 0.6) is 0 Å². The zero-order valence-electron chi connectivity index (χ0n) is 15.8. The molecule has 2 heterocycles. The van der Waals surface area contributed by atoms with E-state index in [1.54, 1.807) is 6.08 Å². The summed E-state index contributed by atoms with van der Waals surface area (Å²) in [6.07, 6.45) is 2.98. The van der Waals surface area contributed by atoms with Crippen LogP contribution in [0.3, 0.4) is 0 Å². The number of nitro groups is 1. The van der Waals surface area contributed by atoms with Crippen molar-refractivity contribution in [3.05, 3.63) is 62.7 Å². The first-order valence-electron chi connectivity index (χ1n) is 8.84. The van der Waals surface area contributed by atoms with Gasteiger partial charge in [-0.15, -0.1) is 0 Å². The summed E-state index contributed by atoms with van der Waals surface area (Å²) < 4.78 is 5.27. The Balaban J connectivity index is 1.74. The number of amides is 1. The fourth-order valence-electron chi connectivity index (χ4n) is 2.70. The summed E-state index contributed by atoms with van der Waals surface area (Å²) in [7, 11) is 0. The lowest BCUT2D eigenvalue weighted by molar-refractivity contribution is -0.402. The molecule has 10 heteroatoms. The largest absolute Gasteiger partial charge is 0.433 e. The highest BCUT2D eigenvalue weighted by molar-refractivity contribution is 8.26. The molecule has 0 aliphatic carbocycles. The molecular formula is C19H18N4O4S2. The molecule has 150 valence electrons. The van der Waals surface area contributed by atoms with Gasteiger partial charge in [0, 0.05) is 18.8 Å². The molecule has 0 bridgehead atoms. The molecule has 0 spiro atoms. The topological polar surface area (TPSA) is 92.2 Å². The molecule has 0 atom stereocenters. The van der Waals surface area contributed by atoms with E-state index in [0.29, 0.717) is 4.91 Å². The number of carbonyl (C=O) groups excluding carboxylic acids is 1. The number of hydrazone groups is 1. The standard InChI is InChI=1S/C19H18N4O4S2/c1-3-21(4-2)14-7-5-13(6-8-14)11-16-18(24)22(19(28)29-16)20-12-15-9-10-17(27-15)23(25)26/h5-12H,3-4H2,1-2H3/b16-11+,20-12+. The molecule has 0 radical (unpaired) electrons. The fraction of sp³-hybridized carbons (Fsp3) is 0.211. The first-order valence-corrected chi connectivity index (χ1v) is 10.1. The Morgan fingerprint density at radius 2 is 1.93 bits per heavy atom. The van der Waals surface area contributed by atoms with Crippen LogP contribution in [0.4, 0.5) is 11.6 Å². The van der Waals surface area contributed by atoms with Crippen molar-refractivity contribution in [3.8, 4) is 0 Å². The quantitative estimate of drug-likeness (QED) is 0.213. The van der Waals surface area contributed by atoms with Crippen LogP contribution < -0.4 is 4.90 Å². The summed E-state index contributed by atoms with van der Waals surface area (Å²) in [5.74, 6) is -0.600. The molecule has 1 fully saturated rings. The van der Waals surface area contributed by atoms with Crippen LogP contribution in [0, 0.1) is 10.1 Å². The van der Waals surface area contributed by atoms with Gasteiger partial charge in [-0.3, -0.25) is 14.9 Å². The summed E-state index contributed by atoms with van der Waals surface area (Å²) in [4.78, 5) is 25.3. The van der Waals surface area contributed by atoms with Crippen LogP contribution in [0.2, 0.25) is 0 Å². The van der Waals surface area contributed by atoms with Crippen molar-refractivity contribution in [3.63, 3.8) is 0 Å². The van der Waals surface area contributed by atoms with Crippen molar-refractivity contribution in [2.24, 2.45) is 5.10 Å². The Kier molecular flexibility index (Phi) is 6.45. The first kappa shape index (κ1) is 20.7.